The van der Waals surface area contributed by atoms with Crippen molar-refractivity contribution in [2.24, 2.45) is 11.8 Å². The van der Waals surface area contributed by atoms with Crippen molar-refractivity contribution in [2.45, 2.75) is 79.6 Å². The van der Waals surface area contributed by atoms with E-state index in [0.29, 0.717) is 35.2 Å². The average Bonchev–Trinajstić information content (AvgIpc) is 3.57. The molecule has 6 aromatic rings. The lowest BCUT2D eigenvalue weighted by Crippen LogP contribution is -2.21. The Labute approximate surface area is 283 Å². The molecule has 0 bridgehead atoms. The number of benzene rings is 3. The van der Waals surface area contributed by atoms with E-state index in [9.17, 15) is 4.39 Å². The summed E-state index contributed by atoms with van der Waals surface area (Å²) in [4.78, 5) is 4.51. The number of para-hydroxylation sites is 1. The van der Waals surface area contributed by atoms with Gasteiger partial charge < -0.3 is 4.74 Å². The highest BCUT2D eigenvalue weighted by molar-refractivity contribution is 6.09. The van der Waals surface area contributed by atoms with Crippen LogP contribution in [0.5, 0.6) is 11.5 Å². The molecule has 246 valence electrons. The van der Waals surface area contributed by atoms with Crippen molar-refractivity contribution in [3.8, 4) is 23.0 Å². The lowest BCUT2D eigenvalue weighted by molar-refractivity contribution is 0.388. The highest BCUT2D eigenvalue weighted by Gasteiger charge is 2.35. The Morgan fingerprint density at radius 2 is 1.60 bits per heavy atom. The summed E-state index contributed by atoms with van der Waals surface area (Å²) in [5.41, 5.74) is 9.29. The van der Waals surface area contributed by atoms with Crippen LogP contribution in [0.25, 0.3) is 33.3 Å². The quantitative estimate of drug-likeness (QED) is 0.163. The molecule has 0 fully saturated rings. The third-order valence-electron chi connectivity index (χ3n) is 9.84. The van der Waals surface area contributed by atoms with E-state index < -0.39 is 0 Å². The maximum atomic E-state index is 14.4. The van der Waals surface area contributed by atoms with E-state index in [1.54, 1.807) is 0 Å². The maximum Gasteiger partial charge on any atom is 0.140 e. The molecule has 5 nitrogen and oxygen atoms in total. The standard InChI is InChI=1S/C42H45FN4O/c1-24(2)41-40(39-28(7)17-26(5)18-29(39)8)42(25(3)4)47(45-41)31-19-27(6)20-33(22-31)48-32-13-14-35-34-11-9-10-12-36(34)46(37(35)23-32)38-21-30(43)15-16-44-38/h9-17,19-26,29,39H,18H2,1-8H3/t26-,29-,39?/m0/s1. The van der Waals surface area contributed by atoms with E-state index in [-0.39, 0.29) is 11.7 Å². The first-order chi connectivity index (χ1) is 23.0. The third-order valence-corrected chi connectivity index (χ3v) is 9.84. The number of allylic oxidation sites excluding steroid dienone is 2. The van der Waals surface area contributed by atoms with E-state index in [0.717, 1.165) is 38.8 Å². The van der Waals surface area contributed by atoms with Crippen LogP contribution in [0.4, 0.5) is 4.39 Å². The Morgan fingerprint density at radius 1 is 0.833 bits per heavy atom. The van der Waals surface area contributed by atoms with Gasteiger partial charge in [-0.05, 0) is 85.9 Å². The number of rotatable bonds is 7. The largest absolute Gasteiger partial charge is 0.457 e. The molecule has 0 radical (unpaired) electrons. The Morgan fingerprint density at radius 3 is 2.33 bits per heavy atom. The second kappa shape index (κ2) is 12.4. The molecular weight excluding hydrogens is 595 g/mol. The first-order valence-corrected chi connectivity index (χ1v) is 17.3. The van der Waals surface area contributed by atoms with Gasteiger partial charge in [-0.15, -0.1) is 0 Å². The molecule has 3 atom stereocenters. The summed E-state index contributed by atoms with van der Waals surface area (Å²) in [5.74, 6) is 3.71. The molecule has 1 aliphatic rings. The zero-order valence-corrected chi connectivity index (χ0v) is 29.3. The summed E-state index contributed by atoms with van der Waals surface area (Å²) in [6, 6.07) is 23.4. The van der Waals surface area contributed by atoms with Gasteiger partial charge in [0.2, 0.25) is 0 Å². The fraction of sp³-hybridized carbons (Fsp3) is 0.333. The Balaban J connectivity index is 1.34. The SMILES string of the molecule is CC1=C[C@H](C)C[C@H](C)C1c1c(C(C)C)nn(-c2cc(C)cc(Oc3ccc4c5ccccc5n(-c5cc(F)ccn5)c4c3)c2)c1C(C)C. The molecular formula is C42H45FN4O. The summed E-state index contributed by atoms with van der Waals surface area (Å²) in [6.07, 6.45) is 5.16. The number of ether oxygens (including phenoxy) is 1. The average molecular weight is 641 g/mol. The molecule has 48 heavy (non-hydrogen) atoms. The fourth-order valence-electron chi connectivity index (χ4n) is 8.08. The van der Waals surface area contributed by atoms with Gasteiger partial charge in [-0.3, -0.25) is 4.57 Å². The maximum absolute atomic E-state index is 14.4. The molecule has 0 spiro atoms. The summed E-state index contributed by atoms with van der Waals surface area (Å²) in [7, 11) is 0. The predicted molar refractivity (Wildman–Crippen MR) is 195 cm³/mol. The monoisotopic (exact) mass is 640 g/mol. The smallest absolute Gasteiger partial charge is 0.140 e. The van der Waals surface area contributed by atoms with Crippen molar-refractivity contribution in [3.63, 3.8) is 0 Å². The molecule has 3 heterocycles. The highest BCUT2D eigenvalue weighted by Crippen LogP contribution is 2.46. The van der Waals surface area contributed by atoms with Crippen LogP contribution in [-0.2, 0) is 0 Å². The van der Waals surface area contributed by atoms with Crippen molar-refractivity contribution < 1.29 is 9.13 Å². The van der Waals surface area contributed by atoms with Gasteiger partial charge in [0, 0.05) is 46.6 Å². The molecule has 0 amide bonds. The minimum absolute atomic E-state index is 0.282. The first-order valence-electron chi connectivity index (χ1n) is 17.3. The molecule has 6 heteroatoms. The molecule has 0 aliphatic heterocycles. The van der Waals surface area contributed by atoms with Crippen molar-refractivity contribution in [1.82, 2.24) is 19.3 Å². The minimum Gasteiger partial charge on any atom is -0.457 e. The van der Waals surface area contributed by atoms with Gasteiger partial charge in [0.15, 0.2) is 0 Å². The molecule has 0 saturated carbocycles. The lowest BCUT2D eigenvalue weighted by atomic mass is 9.71. The summed E-state index contributed by atoms with van der Waals surface area (Å²) in [6.45, 7) is 18.2. The number of aryl methyl sites for hydroxylation is 1. The van der Waals surface area contributed by atoms with E-state index >= 15 is 0 Å². The zero-order chi connectivity index (χ0) is 33.9. The predicted octanol–water partition coefficient (Wildman–Crippen LogP) is 11.6. The van der Waals surface area contributed by atoms with Gasteiger partial charge in [-0.2, -0.15) is 5.10 Å². The van der Waals surface area contributed by atoms with E-state index in [4.69, 9.17) is 9.84 Å². The zero-order valence-electron chi connectivity index (χ0n) is 29.3. The Bertz CT molecular complexity index is 2190. The number of nitrogens with zero attached hydrogens (tertiary/aromatic N) is 4. The number of aromatic nitrogens is 4. The van der Waals surface area contributed by atoms with Crippen LogP contribution in [0.2, 0.25) is 0 Å². The fourth-order valence-corrected chi connectivity index (χ4v) is 8.08. The van der Waals surface area contributed by atoms with Crippen molar-refractivity contribution >= 4 is 21.8 Å². The van der Waals surface area contributed by atoms with E-state index in [2.05, 4.69) is 101 Å². The highest BCUT2D eigenvalue weighted by atomic mass is 19.1. The number of hydrogen-bond donors (Lipinski definition) is 0. The second-order valence-corrected chi connectivity index (χ2v) is 14.5. The van der Waals surface area contributed by atoms with Gasteiger partial charge in [0.05, 0.1) is 28.1 Å². The van der Waals surface area contributed by atoms with Crippen LogP contribution in [0, 0.1) is 24.6 Å². The minimum atomic E-state index is -0.326. The van der Waals surface area contributed by atoms with Crippen LogP contribution in [0.15, 0.2) is 90.6 Å². The number of fused-ring (bicyclic) bond motifs is 3. The molecule has 1 unspecified atom stereocenters. The van der Waals surface area contributed by atoms with E-state index in [1.807, 2.05) is 34.9 Å². The Hall–Kier alpha value is -4.71. The molecule has 0 N–H and O–H groups in total. The molecule has 3 aromatic carbocycles. The van der Waals surface area contributed by atoms with Crippen LogP contribution >= 0.6 is 0 Å². The molecule has 0 saturated heterocycles. The van der Waals surface area contributed by atoms with Crippen LogP contribution in [-0.4, -0.2) is 19.3 Å². The second-order valence-electron chi connectivity index (χ2n) is 14.5. The van der Waals surface area contributed by atoms with Gasteiger partial charge in [0.25, 0.3) is 0 Å². The third kappa shape index (κ3) is 5.61. The molecule has 1 aliphatic carbocycles. The van der Waals surface area contributed by atoms with Gasteiger partial charge >= 0.3 is 0 Å². The summed E-state index contributed by atoms with van der Waals surface area (Å²) in [5, 5.41) is 7.49. The van der Waals surface area contributed by atoms with Gasteiger partial charge in [0.1, 0.15) is 23.1 Å². The van der Waals surface area contributed by atoms with Crippen molar-refractivity contribution in [2.75, 3.05) is 0 Å². The van der Waals surface area contributed by atoms with Gasteiger partial charge in [-0.25, -0.2) is 14.1 Å². The normalized spacial score (nSPS) is 18.3. The van der Waals surface area contributed by atoms with E-state index in [1.165, 1.54) is 47.3 Å². The number of halogens is 1. The summed E-state index contributed by atoms with van der Waals surface area (Å²) >= 11 is 0. The topological polar surface area (TPSA) is 44.9 Å². The van der Waals surface area contributed by atoms with Gasteiger partial charge in [-0.1, -0.05) is 71.4 Å². The van der Waals surface area contributed by atoms with Crippen LogP contribution < -0.4 is 4.74 Å². The first kappa shape index (κ1) is 31.9. The van der Waals surface area contributed by atoms with Crippen molar-refractivity contribution in [1.29, 1.82) is 0 Å². The molecule has 7 rings (SSSR count). The van der Waals surface area contributed by atoms with Crippen LogP contribution in [0.3, 0.4) is 0 Å². The molecule has 3 aromatic heterocycles. The Kier molecular flexibility index (Phi) is 8.22. The summed E-state index contributed by atoms with van der Waals surface area (Å²) < 4.78 is 25.2. The lowest BCUT2D eigenvalue weighted by Gasteiger charge is -2.33. The number of hydrogen-bond acceptors (Lipinski definition) is 3. The van der Waals surface area contributed by atoms with Crippen molar-refractivity contribution in [3.05, 3.63) is 119 Å². The van der Waals surface area contributed by atoms with Crippen LogP contribution in [0.1, 0.15) is 95.2 Å². The number of pyridine rings is 1.